The molecular formula is C23H32N2O. The fraction of sp³-hybridized carbons (Fsp3) is 0.696. The van der Waals surface area contributed by atoms with Gasteiger partial charge in [0.05, 0.1) is 24.3 Å². The van der Waals surface area contributed by atoms with E-state index in [0.29, 0.717) is 11.3 Å². The molecule has 0 radical (unpaired) electrons. The first-order chi connectivity index (χ1) is 12.4. The summed E-state index contributed by atoms with van der Waals surface area (Å²) in [5.74, 6) is 2.88. The third-order valence-electron chi connectivity index (χ3n) is 8.78. The molecule has 0 aromatic carbocycles. The van der Waals surface area contributed by atoms with Gasteiger partial charge in [-0.15, -0.1) is 0 Å². The Hall–Kier alpha value is -1.35. The molecule has 0 aliphatic heterocycles. The van der Waals surface area contributed by atoms with E-state index in [-0.39, 0.29) is 11.5 Å². The number of rotatable bonds is 1. The Morgan fingerprint density at radius 2 is 1.96 bits per heavy atom. The predicted octanol–water partition coefficient (Wildman–Crippen LogP) is 4.97. The van der Waals surface area contributed by atoms with Gasteiger partial charge in [0.2, 0.25) is 0 Å². The second-order valence-corrected chi connectivity index (χ2v) is 9.93. The minimum absolute atomic E-state index is 0.118. The molecule has 0 amide bonds. The van der Waals surface area contributed by atoms with Crippen LogP contribution < -0.4 is 0 Å². The molecule has 26 heavy (non-hydrogen) atoms. The average Bonchev–Trinajstić information content (AvgIpc) is 3.23. The molecule has 0 bridgehead atoms. The quantitative estimate of drug-likeness (QED) is 0.701. The van der Waals surface area contributed by atoms with Gasteiger partial charge in [-0.3, -0.25) is 0 Å². The van der Waals surface area contributed by atoms with Gasteiger partial charge in [-0.05, 0) is 78.6 Å². The molecule has 3 heteroatoms. The lowest BCUT2D eigenvalue weighted by Crippen LogP contribution is -2.52. The van der Waals surface area contributed by atoms with Gasteiger partial charge < -0.3 is 10.1 Å². The molecule has 3 nitrogen and oxygen atoms in total. The standard InChI is InChI=1S/C23H32N2O/c1-14-10-15-11-16(26)6-8-22(15,2)19-7-9-23(3)17(20-12-24-13-25-20)4-5-18(23)21(14)19/h4,10,12-14,16,18-19,21,26H,5-9,11H2,1-3H3,(H,24,25)/t14?,16?,18-,19-,21-,22-,23+/m0/s1. The minimum atomic E-state index is -0.118. The third-order valence-corrected chi connectivity index (χ3v) is 8.78. The summed E-state index contributed by atoms with van der Waals surface area (Å²) in [5, 5.41) is 10.2. The van der Waals surface area contributed by atoms with Crippen molar-refractivity contribution in [2.45, 2.75) is 65.4 Å². The van der Waals surface area contributed by atoms with E-state index in [2.05, 4.69) is 42.9 Å². The van der Waals surface area contributed by atoms with Crippen molar-refractivity contribution in [2.24, 2.45) is 34.5 Å². The van der Waals surface area contributed by atoms with Crippen LogP contribution >= 0.6 is 0 Å². The molecule has 2 unspecified atom stereocenters. The smallest absolute Gasteiger partial charge is 0.0924 e. The van der Waals surface area contributed by atoms with E-state index in [0.717, 1.165) is 37.0 Å². The molecule has 2 fully saturated rings. The number of H-pyrrole nitrogens is 1. The number of nitrogens with zero attached hydrogens (tertiary/aromatic N) is 1. The molecule has 4 aliphatic rings. The summed E-state index contributed by atoms with van der Waals surface area (Å²) in [7, 11) is 0. The number of fused-ring (bicyclic) bond motifs is 5. The zero-order chi connectivity index (χ0) is 18.1. The van der Waals surface area contributed by atoms with Crippen molar-refractivity contribution in [2.75, 3.05) is 0 Å². The Kier molecular flexibility index (Phi) is 3.60. The molecule has 2 saturated carbocycles. The van der Waals surface area contributed by atoms with Gasteiger partial charge in [-0.25, -0.2) is 4.98 Å². The topological polar surface area (TPSA) is 48.9 Å². The van der Waals surface area contributed by atoms with Crippen LogP contribution in [0.3, 0.4) is 0 Å². The molecule has 5 rings (SSSR count). The van der Waals surface area contributed by atoms with Crippen molar-refractivity contribution in [3.63, 3.8) is 0 Å². The van der Waals surface area contributed by atoms with E-state index < -0.39 is 0 Å². The van der Waals surface area contributed by atoms with Gasteiger partial charge in [0.1, 0.15) is 0 Å². The number of aromatic nitrogens is 2. The van der Waals surface area contributed by atoms with Crippen molar-refractivity contribution in [3.05, 3.63) is 35.9 Å². The number of hydrogen-bond donors (Lipinski definition) is 2. The van der Waals surface area contributed by atoms with E-state index in [4.69, 9.17) is 0 Å². The molecule has 1 aromatic rings. The van der Waals surface area contributed by atoms with Crippen LogP contribution in [0.5, 0.6) is 0 Å². The van der Waals surface area contributed by atoms with Gasteiger partial charge in [-0.1, -0.05) is 38.5 Å². The lowest BCUT2D eigenvalue weighted by atomic mass is 9.45. The third kappa shape index (κ3) is 2.13. The Balaban J connectivity index is 1.52. The maximum Gasteiger partial charge on any atom is 0.0924 e. The number of allylic oxidation sites excluding steroid dienone is 3. The second-order valence-electron chi connectivity index (χ2n) is 9.93. The average molecular weight is 353 g/mol. The summed E-state index contributed by atoms with van der Waals surface area (Å²) >= 11 is 0. The summed E-state index contributed by atoms with van der Waals surface area (Å²) in [6.45, 7) is 7.45. The number of imidazole rings is 1. The summed E-state index contributed by atoms with van der Waals surface area (Å²) in [5.41, 5.74) is 4.88. The van der Waals surface area contributed by atoms with Crippen LogP contribution in [0.1, 0.15) is 65.0 Å². The summed E-state index contributed by atoms with van der Waals surface area (Å²) in [6.07, 6.45) is 15.6. The Bertz CT molecular complexity index is 763. The molecule has 7 atom stereocenters. The fourth-order valence-corrected chi connectivity index (χ4v) is 7.39. The first-order valence-corrected chi connectivity index (χ1v) is 10.5. The van der Waals surface area contributed by atoms with Crippen LogP contribution in [0.2, 0.25) is 0 Å². The lowest BCUT2D eigenvalue weighted by molar-refractivity contribution is -0.0426. The first-order valence-electron chi connectivity index (χ1n) is 10.5. The van der Waals surface area contributed by atoms with Crippen LogP contribution in [0.4, 0.5) is 0 Å². The van der Waals surface area contributed by atoms with E-state index >= 15 is 0 Å². The number of nitrogens with one attached hydrogen (secondary N) is 1. The molecule has 1 aromatic heterocycles. The summed E-state index contributed by atoms with van der Waals surface area (Å²) in [4.78, 5) is 7.63. The van der Waals surface area contributed by atoms with Crippen LogP contribution in [0.15, 0.2) is 30.2 Å². The number of aliphatic hydroxyl groups excluding tert-OH is 1. The Morgan fingerprint density at radius 3 is 2.73 bits per heavy atom. The van der Waals surface area contributed by atoms with Crippen LogP contribution in [0.25, 0.3) is 5.57 Å². The number of aliphatic hydroxyl groups is 1. The fourth-order valence-electron chi connectivity index (χ4n) is 7.39. The monoisotopic (exact) mass is 352 g/mol. The minimum Gasteiger partial charge on any atom is -0.393 e. The van der Waals surface area contributed by atoms with Crippen molar-refractivity contribution in [1.82, 2.24) is 9.97 Å². The zero-order valence-corrected chi connectivity index (χ0v) is 16.3. The normalized spacial score (nSPS) is 47.5. The van der Waals surface area contributed by atoms with Gasteiger partial charge in [0.25, 0.3) is 0 Å². The van der Waals surface area contributed by atoms with Crippen molar-refractivity contribution in [3.8, 4) is 0 Å². The highest BCUT2D eigenvalue weighted by atomic mass is 16.3. The summed E-state index contributed by atoms with van der Waals surface area (Å²) in [6, 6.07) is 0. The molecule has 140 valence electrons. The molecule has 0 saturated heterocycles. The van der Waals surface area contributed by atoms with E-state index in [1.807, 2.05) is 12.5 Å². The predicted molar refractivity (Wildman–Crippen MR) is 104 cm³/mol. The zero-order valence-electron chi connectivity index (χ0n) is 16.3. The highest BCUT2D eigenvalue weighted by molar-refractivity contribution is 5.70. The second kappa shape index (κ2) is 5.58. The molecule has 4 aliphatic carbocycles. The van der Waals surface area contributed by atoms with E-state index in [1.165, 1.54) is 30.5 Å². The molecule has 0 spiro atoms. The SMILES string of the molecule is CC1C=C2CC(O)CC[C@]2(C)[C@H]2CC[C@]3(C)C(c4cnc[nH]4)=CC[C@H]3[C@H]12. The van der Waals surface area contributed by atoms with Gasteiger partial charge in [0, 0.05) is 0 Å². The Labute approximate surface area is 157 Å². The largest absolute Gasteiger partial charge is 0.393 e. The van der Waals surface area contributed by atoms with Crippen molar-refractivity contribution < 1.29 is 5.11 Å². The maximum atomic E-state index is 10.2. The van der Waals surface area contributed by atoms with Gasteiger partial charge >= 0.3 is 0 Å². The first kappa shape index (κ1) is 16.8. The highest BCUT2D eigenvalue weighted by Crippen LogP contribution is 2.67. The molecular weight excluding hydrogens is 320 g/mol. The van der Waals surface area contributed by atoms with Gasteiger partial charge in [-0.2, -0.15) is 0 Å². The van der Waals surface area contributed by atoms with Crippen molar-refractivity contribution >= 4 is 5.57 Å². The molecule has 2 N–H and O–H groups in total. The lowest BCUT2D eigenvalue weighted by Gasteiger charge is -2.59. The van der Waals surface area contributed by atoms with Crippen molar-refractivity contribution in [1.29, 1.82) is 0 Å². The van der Waals surface area contributed by atoms with Crippen LogP contribution in [0, 0.1) is 34.5 Å². The summed E-state index contributed by atoms with van der Waals surface area (Å²) < 4.78 is 0. The number of hydrogen-bond acceptors (Lipinski definition) is 2. The molecule has 1 heterocycles. The Morgan fingerprint density at radius 1 is 1.15 bits per heavy atom. The van der Waals surface area contributed by atoms with Crippen LogP contribution in [-0.2, 0) is 0 Å². The van der Waals surface area contributed by atoms with E-state index in [9.17, 15) is 5.11 Å². The highest BCUT2D eigenvalue weighted by Gasteiger charge is 2.58. The maximum absolute atomic E-state index is 10.2. The van der Waals surface area contributed by atoms with Gasteiger partial charge in [0.15, 0.2) is 0 Å². The number of aromatic amines is 1. The van der Waals surface area contributed by atoms with E-state index in [1.54, 1.807) is 5.57 Å². The van der Waals surface area contributed by atoms with Crippen LogP contribution in [-0.4, -0.2) is 21.2 Å².